The maximum absolute atomic E-state index is 12.8. The summed E-state index contributed by atoms with van der Waals surface area (Å²) in [4.78, 5) is 15.7. The van der Waals surface area contributed by atoms with Crippen LogP contribution in [0.5, 0.6) is 0 Å². The molecule has 1 unspecified atom stereocenters. The lowest BCUT2D eigenvalue weighted by Gasteiger charge is -2.26. The number of hydrogen-bond acceptors (Lipinski definition) is 4. The summed E-state index contributed by atoms with van der Waals surface area (Å²) in [5.41, 5.74) is 0. The van der Waals surface area contributed by atoms with Crippen molar-refractivity contribution in [1.29, 1.82) is 0 Å². The predicted molar refractivity (Wildman–Crippen MR) is 106 cm³/mol. The molecule has 1 aliphatic rings. The Morgan fingerprint density at radius 3 is 2.73 bits per heavy atom. The molecular formula is C20H21ClN2O2S. The second kappa shape index (κ2) is 7.43. The number of carbonyl (C=O) groups excluding carboxylic acids is 1. The number of likely N-dealkylation sites (tertiary alicyclic amines) is 1. The Morgan fingerprint density at radius 2 is 2.04 bits per heavy atom. The van der Waals surface area contributed by atoms with Crippen LogP contribution < -0.4 is 5.32 Å². The van der Waals surface area contributed by atoms with Crippen molar-refractivity contribution in [2.75, 3.05) is 19.6 Å². The lowest BCUT2D eigenvalue weighted by molar-refractivity contribution is 0.0938. The second-order valence-electron chi connectivity index (χ2n) is 6.66. The summed E-state index contributed by atoms with van der Waals surface area (Å²) < 4.78 is 6.88. The molecule has 0 bridgehead atoms. The van der Waals surface area contributed by atoms with Gasteiger partial charge in [-0.15, -0.1) is 11.3 Å². The van der Waals surface area contributed by atoms with Gasteiger partial charge in [0.2, 0.25) is 0 Å². The maximum atomic E-state index is 12.8. The molecule has 1 fully saturated rings. The number of aryl methyl sites for hydroxylation is 1. The Morgan fingerprint density at radius 1 is 1.27 bits per heavy atom. The first-order valence-electron chi connectivity index (χ1n) is 8.89. The minimum Gasteiger partial charge on any atom is -0.465 e. The molecule has 136 valence electrons. The Bertz CT molecular complexity index is 927. The van der Waals surface area contributed by atoms with Crippen molar-refractivity contribution >= 4 is 38.9 Å². The minimum atomic E-state index is -0.122. The zero-order chi connectivity index (χ0) is 18.1. The van der Waals surface area contributed by atoms with Crippen molar-refractivity contribution < 1.29 is 9.21 Å². The summed E-state index contributed by atoms with van der Waals surface area (Å²) in [6.45, 7) is 4.52. The number of fused-ring (bicyclic) bond motifs is 1. The van der Waals surface area contributed by atoms with Gasteiger partial charge in [0.15, 0.2) is 0 Å². The fourth-order valence-corrected chi connectivity index (χ4v) is 4.96. The van der Waals surface area contributed by atoms with E-state index in [0.29, 0.717) is 16.4 Å². The number of furan rings is 1. The van der Waals surface area contributed by atoms with Crippen LogP contribution in [0.4, 0.5) is 0 Å². The molecule has 0 saturated carbocycles. The molecule has 3 heterocycles. The van der Waals surface area contributed by atoms with Gasteiger partial charge in [-0.2, -0.15) is 0 Å². The topological polar surface area (TPSA) is 45.5 Å². The first-order chi connectivity index (χ1) is 12.6. The SMILES string of the molecule is Cc1ccc(C(CNC(=O)c2sc3ccccc3c2Cl)N2CCCC2)o1. The molecule has 1 aliphatic heterocycles. The third-order valence-corrected chi connectivity index (χ3v) is 6.54. The van der Waals surface area contributed by atoms with Crippen LogP contribution in [-0.2, 0) is 0 Å². The summed E-state index contributed by atoms with van der Waals surface area (Å²) in [6, 6.07) is 11.9. The van der Waals surface area contributed by atoms with Crippen LogP contribution in [-0.4, -0.2) is 30.4 Å². The van der Waals surface area contributed by atoms with E-state index in [4.69, 9.17) is 16.0 Å². The Labute approximate surface area is 161 Å². The zero-order valence-corrected chi connectivity index (χ0v) is 16.2. The molecular weight excluding hydrogens is 368 g/mol. The smallest absolute Gasteiger partial charge is 0.263 e. The van der Waals surface area contributed by atoms with E-state index in [0.717, 1.165) is 34.7 Å². The van der Waals surface area contributed by atoms with Crippen molar-refractivity contribution in [3.8, 4) is 0 Å². The van der Waals surface area contributed by atoms with Gasteiger partial charge in [0.25, 0.3) is 5.91 Å². The monoisotopic (exact) mass is 388 g/mol. The van der Waals surface area contributed by atoms with E-state index >= 15 is 0 Å². The van der Waals surface area contributed by atoms with E-state index in [1.807, 2.05) is 43.3 Å². The van der Waals surface area contributed by atoms with Gasteiger partial charge < -0.3 is 9.73 Å². The number of carbonyl (C=O) groups is 1. The van der Waals surface area contributed by atoms with Crippen molar-refractivity contribution in [2.24, 2.45) is 0 Å². The van der Waals surface area contributed by atoms with Gasteiger partial charge in [-0.25, -0.2) is 0 Å². The molecule has 1 aromatic carbocycles. The Kier molecular flexibility index (Phi) is 5.02. The highest BCUT2D eigenvalue weighted by Gasteiger charge is 2.27. The van der Waals surface area contributed by atoms with E-state index in [2.05, 4.69) is 10.2 Å². The van der Waals surface area contributed by atoms with Gasteiger partial charge in [-0.3, -0.25) is 9.69 Å². The highest BCUT2D eigenvalue weighted by Crippen LogP contribution is 2.35. The zero-order valence-electron chi connectivity index (χ0n) is 14.6. The lowest BCUT2D eigenvalue weighted by Crippen LogP contribution is -2.36. The highest BCUT2D eigenvalue weighted by molar-refractivity contribution is 7.21. The van der Waals surface area contributed by atoms with Crippen LogP contribution in [0, 0.1) is 6.92 Å². The second-order valence-corrected chi connectivity index (χ2v) is 8.09. The average Bonchev–Trinajstić information content (AvgIpc) is 3.37. The van der Waals surface area contributed by atoms with Gasteiger partial charge in [-0.1, -0.05) is 29.8 Å². The summed E-state index contributed by atoms with van der Waals surface area (Å²) >= 11 is 7.87. The number of nitrogens with zero attached hydrogens (tertiary/aromatic N) is 1. The highest BCUT2D eigenvalue weighted by atomic mass is 35.5. The normalized spacial score (nSPS) is 16.2. The summed E-state index contributed by atoms with van der Waals surface area (Å²) in [5.74, 6) is 1.68. The molecule has 6 heteroatoms. The molecule has 4 rings (SSSR count). The van der Waals surface area contributed by atoms with E-state index in [1.165, 1.54) is 24.2 Å². The molecule has 1 amide bonds. The third-order valence-electron chi connectivity index (χ3n) is 4.87. The van der Waals surface area contributed by atoms with Crippen molar-refractivity contribution in [1.82, 2.24) is 10.2 Å². The standard InChI is InChI=1S/C20H21ClN2O2S/c1-13-8-9-16(25-13)15(23-10-4-5-11-23)12-22-20(24)19-18(21)14-6-2-3-7-17(14)26-19/h2-3,6-9,15H,4-5,10-12H2,1H3,(H,22,24). The lowest BCUT2D eigenvalue weighted by atomic mass is 10.2. The van der Waals surface area contributed by atoms with E-state index in [-0.39, 0.29) is 11.9 Å². The fourth-order valence-electron chi connectivity index (χ4n) is 3.53. The van der Waals surface area contributed by atoms with Gasteiger partial charge in [0.1, 0.15) is 16.4 Å². The van der Waals surface area contributed by atoms with Crippen LogP contribution in [0.2, 0.25) is 5.02 Å². The van der Waals surface area contributed by atoms with E-state index in [9.17, 15) is 4.79 Å². The van der Waals surface area contributed by atoms with Gasteiger partial charge >= 0.3 is 0 Å². The summed E-state index contributed by atoms with van der Waals surface area (Å²) in [5, 5.41) is 4.54. The molecule has 0 radical (unpaired) electrons. The average molecular weight is 389 g/mol. The number of benzene rings is 1. The van der Waals surface area contributed by atoms with Crippen LogP contribution in [0.1, 0.15) is 40.1 Å². The molecule has 1 N–H and O–H groups in total. The number of rotatable bonds is 5. The molecule has 1 saturated heterocycles. The first kappa shape index (κ1) is 17.6. The molecule has 1 atom stereocenters. The molecule has 0 aliphatic carbocycles. The van der Waals surface area contributed by atoms with E-state index < -0.39 is 0 Å². The van der Waals surface area contributed by atoms with Crippen LogP contribution in [0.3, 0.4) is 0 Å². The van der Waals surface area contributed by atoms with E-state index in [1.54, 1.807) is 0 Å². The van der Waals surface area contributed by atoms with Gasteiger partial charge in [-0.05, 0) is 51.1 Å². The quantitative estimate of drug-likeness (QED) is 0.667. The molecule has 0 spiro atoms. The number of amides is 1. The molecule has 3 aromatic rings. The van der Waals surface area contributed by atoms with Gasteiger partial charge in [0, 0.05) is 16.6 Å². The van der Waals surface area contributed by atoms with Crippen LogP contribution >= 0.6 is 22.9 Å². The maximum Gasteiger partial charge on any atom is 0.263 e. The first-order valence-corrected chi connectivity index (χ1v) is 10.1. The van der Waals surface area contributed by atoms with Crippen molar-refractivity contribution in [3.05, 3.63) is 57.8 Å². The predicted octanol–water partition coefficient (Wildman–Crippen LogP) is 5.02. The number of nitrogens with one attached hydrogen (secondary N) is 1. The molecule has 2 aromatic heterocycles. The minimum absolute atomic E-state index is 0.0586. The molecule has 26 heavy (non-hydrogen) atoms. The van der Waals surface area contributed by atoms with Crippen molar-refractivity contribution in [2.45, 2.75) is 25.8 Å². The largest absolute Gasteiger partial charge is 0.465 e. The van der Waals surface area contributed by atoms with Gasteiger partial charge in [0.05, 0.1) is 11.1 Å². The number of thiophene rings is 1. The van der Waals surface area contributed by atoms with Crippen molar-refractivity contribution in [3.63, 3.8) is 0 Å². The Balaban J connectivity index is 1.52. The van der Waals surface area contributed by atoms with Crippen LogP contribution in [0.25, 0.3) is 10.1 Å². The Hall–Kier alpha value is -1.82. The number of halogens is 1. The number of hydrogen-bond donors (Lipinski definition) is 1. The fraction of sp³-hybridized carbons (Fsp3) is 0.350. The van der Waals surface area contributed by atoms with Crippen LogP contribution in [0.15, 0.2) is 40.8 Å². The summed E-state index contributed by atoms with van der Waals surface area (Å²) in [6.07, 6.45) is 2.37. The summed E-state index contributed by atoms with van der Waals surface area (Å²) in [7, 11) is 0. The molecule has 4 nitrogen and oxygen atoms in total. The third kappa shape index (κ3) is 3.39.